The first-order valence-corrected chi connectivity index (χ1v) is 3.85. The Morgan fingerprint density at radius 2 is 2.00 bits per heavy atom. The molecule has 0 fully saturated rings. The van der Waals surface area contributed by atoms with E-state index in [4.69, 9.17) is 10.2 Å². The summed E-state index contributed by atoms with van der Waals surface area (Å²) in [5.74, 6) is -4.67. The summed E-state index contributed by atoms with van der Waals surface area (Å²) in [5, 5.41) is 17.3. The van der Waals surface area contributed by atoms with Crippen molar-refractivity contribution in [3.63, 3.8) is 0 Å². The topological polar surface area (TPSA) is 57.5 Å². The molecule has 76 valence electrons. The quantitative estimate of drug-likeness (QED) is 0.772. The molecule has 0 aliphatic heterocycles. The molecule has 1 atom stereocenters. The molecular weight excluding hydrogens is 194 g/mol. The van der Waals surface area contributed by atoms with Crippen molar-refractivity contribution in [3.05, 3.63) is 35.4 Å². The molecule has 0 amide bonds. The lowest BCUT2D eigenvalue weighted by Gasteiger charge is -2.09. The van der Waals surface area contributed by atoms with E-state index in [1.165, 1.54) is 0 Å². The normalized spacial score (nSPS) is 12.5. The Balaban J connectivity index is 3.06. The molecule has 0 saturated carbocycles. The van der Waals surface area contributed by atoms with E-state index in [0.717, 1.165) is 18.2 Å². The first-order chi connectivity index (χ1) is 6.56. The van der Waals surface area contributed by atoms with Gasteiger partial charge in [0.1, 0.15) is 5.92 Å². The number of halogens is 2. The minimum Gasteiger partial charge on any atom is -0.481 e. The number of carbonyl (C=O) groups is 1. The summed E-state index contributed by atoms with van der Waals surface area (Å²) in [7, 11) is 0. The zero-order chi connectivity index (χ0) is 10.7. The Morgan fingerprint density at radius 3 is 2.43 bits per heavy atom. The van der Waals surface area contributed by atoms with Crippen LogP contribution in [0.1, 0.15) is 11.5 Å². The summed E-state index contributed by atoms with van der Waals surface area (Å²) in [6, 6.07) is 2.73. The fourth-order valence-electron chi connectivity index (χ4n) is 1.06. The van der Waals surface area contributed by atoms with Crippen LogP contribution in [0.4, 0.5) is 8.78 Å². The van der Waals surface area contributed by atoms with E-state index in [1.54, 1.807) is 0 Å². The highest BCUT2D eigenvalue weighted by atomic mass is 19.2. The van der Waals surface area contributed by atoms with Gasteiger partial charge in [0.25, 0.3) is 0 Å². The maximum absolute atomic E-state index is 12.7. The molecule has 0 bridgehead atoms. The van der Waals surface area contributed by atoms with Crippen molar-refractivity contribution < 1.29 is 23.8 Å². The van der Waals surface area contributed by atoms with Gasteiger partial charge >= 0.3 is 5.97 Å². The van der Waals surface area contributed by atoms with Gasteiger partial charge in [0, 0.05) is 0 Å². The standard InChI is InChI=1S/C9H8F2O3/c10-7-2-1-5(3-8(7)11)6(4-12)9(13)14/h1-3,6,12H,4H2,(H,13,14). The van der Waals surface area contributed by atoms with Crippen molar-refractivity contribution in [1.29, 1.82) is 0 Å². The maximum Gasteiger partial charge on any atom is 0.313 e. The van der Waals surface area contributed by atoms with Crippen LogP contribution in [0.25, 0.3) is 0 Å². The van der Waals surface area contributed by atoms with Crippen molar-refractivity contribution in [3.8, 4) is 0 Å². The Morgan fingerprint density at radius 1 is 1.36 bits per heavy atom. The molecule has 0 aromatic heterocycles. The Kier molecular flexibility index (Phi) is 3.14. The van der Waals surface area contributed by atoms with Crippen molar-refractivity contribution >= 4 is 5.97 Å². The van der Waals surface area contributed by atoms with Gasteiger partial charge < -0.3 is 10.2 Å². The largest absolute Gasteiger partial charge is 0.481 e. The Bertz CT molecular complexity index is 352. The van der Waals surface area contributed by atoms with Crippen LogP contribution >= 0.6 is 0 Å². The van der Waals surface area contributed by atoms with Gasteiger partial charge in [-0.05, 0) is 17.7 Å². The highest BCUT2D eigenvalue weighted by molar-refractivity contribution is 5.76. The Hall–Kier alpha value is -1.49. The van der Waals surface area contributed by atoms with Crippen LogP contribution in [-0.4, -0.2) is 22.8 Å². The number of rotatable bonds is 3. The molecule has 1 unspecified atom stereocenters. The Labute approximate surface area is 78.6 Å². The zero-order valence-electron chi connectivity index (χ0n) is 7.08. The number of aliphatic hydroxyl groups excluding tert-OH is 1. The summed E-state index contributed by atoms with van der Waals surface area (Å²) >= 11 is 0. The predicted molar refractivity (Wildman–Crippen MR) is 43.8 cm³/mol. The average molecular weight is 202 g/mol. The second-order valence-corrected chi connectivity index (χ2v) is 2.75. The molecule has 1 aromatic carbocycles. The molecule has 0 heterocycles. The summed E-state index contributed by atoms with van der Waals surface area (Å²) in [5.41, 5.74) is 0.0406. The van der Waals surface area contributed by atoms with Crippen molar-refractivity contribution in [1.82, 2.24) is 0 Å². The first-order valence-electron chi connectivity index (χ1n) is 3.85. The fraction of sp³-hybridized carbons (Fsp3) is 0.222. The molecule has 0 saturated heterocycles. The summed E-state index contributed by atoms with van der Waals surface area (Å²) in [4.78, 5) is 10.6. The van der Waals surface area contributed by atoms with Crippen LogP contribution in [0.3, 0.4) is 0 Å². The van der Waals surface area contributed by atoms with Gasteiger partial charge in [-0.2, -0.15) is 0 Å². The molecule has 0 spiro atoms. The van der Waals surface area contributed by atoms with E-state index in [2.05, 4.69) is 0 Å². The van der Waals surface area contributed by atoms with Gasteiger partial charge in [-0.3, -0.25) is 4.79 Å². The van der Waals surface area contributed by atoms with Gasteiger partial charge in [-0.1, -0.05) is 6.07 Å². The lowest BCUT2D eigenvalue weighted by Crippen LogP contribution is -2.15. The molecule has 1 aromatic rings. The monoisotopic (exact) mass is 202 g/mol. The minimum atomic E-state index is -1.28. The minimum absolute atomic E-state index is 0.0406. The number of carboxylic acid groups (broad SMARTS) is 1. The van der Waals surface area contributed by atoms with Crippen LogP contribution in [0.2, 0.25) is 0 Å². The van der Waals surface area contributed by atoms with Crippen LogP contribution in [-0.2, 0) is 4.79 Å². The second-order valence-electron chi connectivity index (χ2n) is 2.75. The van der Waals surface area contributed by atoms with E-state index < -0.39 is 30.1 Å². The van der Waals surface area contributed by atoms with Gasteiger partial charge in [0.15, 0.2) is 11.6 Å². The highest BCUT2D eigenvalue weighted by Crippen LogP contribution is 2.18. The number of hydrogen-bond acceptors (Lipinski definition) is 2. The molecule has 0 aliphatic rings. The molecule has 5 heteroatoms. The van der Waals surface area contributed by atoms with E-state index in [-0.39, 0.29) is 5.56 Å². The number of benzene rings is 1. The van der Waals surface area contributed by atoms with Crippen LogP contribution < -0.4 is 0 Å². The van der Waals surface area contributed by atoms with Crippen molar-refractivity contribution in [2.24, 2.45) is 0 Å². The summed E-state index contributed by atoms with van der Waals surface area (Å²) < 4.78 is 25.2. The number of aliphatic hydroxyl groups is 1. The summed E-state index contributed by atoms with van der Waals surface area (Å²) in [6.07, 6.45) is 0. The van der Waals surface area contributed by atoms with Crippen LogP contribution in [0, 0.1) is 11.6 Å². The third-order valence-electron chi connectivity index (χ3n) is 1.83. The predicted octanol–water partition coefficient (Wildman–Crippen LogP) is 1.13. The molecule has 2 N–H and O–H groups in total. The van der Waals surface area contributed by atoms with Gasteiger partial charge in [0.05, 0.1) is 6.61 Å². The van der Waals surface area contributed by atoms with Gasteiger partial charge in [0.2, 0.25) is 0 Å². The van der Waals surface area contributed by atoms with E-state index in [0.29, 0.717) is 0 Å². The van der Waals surface area contributed by atoms with E-state index >= 15 is 0 Å². The molecular formula is C9H8F2O3. The molecule has 3 nitrogen and oxygen atoms in total. The molecule has 1 rings (SSSR count). The number of aliphatic carboxylic acids is 1. The van der Waals surface area contributed by atoms with Crippen LogP contribution in [0.5, 0.6) is 0 Å². The second kappa shape index (κ2) is 4.15. The van der Waals surface area contributed by atoms with Crippen molar-refractivity contribution in [2.75, 3.05) is 6.61 Å². The zero-order valence-corrected chi connectivity index (χ0v) is 7.08. The first kappa shape index (κ1) is 10.6. The smallest absolute Gasteiger partial charge is 0.313 e. The lowest BCUT2D eigenvalue weighted by atomic mass is 10.0. The molecule has 0 aliphatic carbocycles. The number of hydrogen-bond donors (Lipinski definition) is 2. The van der Waals surface area contributed by atoms with E-state index in [1.807, 2.05) is 0 Å². The molecule has 14 heavy (non-hydrogen) atoms. The van der Waals surface area contributed by atoms with Gasteiger partial charge in [-0.15, -0.1) is 0 Å². The van der Waals surface area contributed by atoms with E-state index in [9.17, 15) is 13.6 Å². The third-order valence-corrected chi connectivity index (χ3v) is 1.83. The third kappa shape index (κ3) is 2.05. The number of carboxylic acids is 1. The average Bonchev–Trinajstić information content (AvgIpc) is 2.11. The maximum atomic E-state index is 12.7. The highest BCUT2D eigenvalue weighted by Gasteiger charge is 2.19. The van der Waals surface area contributed by atoms with Gasteiger partial charge in [-0.25, -0.2) is 8.78 Å². The lowest BCUT2D eigenvalue weighted by molar-refractivity contribution is -0.139. The fourth-order valence-corrected chi connectivity index (χ4v) is 1.06. The molecule has 0 radical (unpaired) electrons. The SMILES string of the molecule is O=C(O)C(CO)c1ccc(F)c(F)c1. The summed E-state index contributed by atoms with van der Waals surface area (Å²) in [6.45, 7) is -0.652. The van der Waals surface area contributed by atoms with Crippen molar-refractivity contribution in [2.45, 2.75) is 5.92 Å². The van der Waals surface area contributed by atoms with Crippen LogP contribution in [0.15, 0.2) is 18.2 Å².